The van der Waals surface area contributed by atoms with Crippen LogP contribution in [-0.2, 0) is 0 Å². The number of carbonyl (C=O) groups is 2. The van der Waals surface area contributed by atoms with E-state index in [0.29, 0.717) is 17.7 Å². The molecule has 22 heavy (non-hydrogen) atoms. The molecule has 0 atom stereocenters. The van der Waals surface area contributed by atoms with E-state index in [1.165, 1.54) is 5.01 Å². The van der Waals surface area contributed by atoms with Crippen LogP contribution in [-0.4, -0.2) is 23.4 Å². The second-order valence-corrected chi connectivity index (χ2v) is 4.98. The molecule has 114 valence electrons. The summed E-state index contributed by atoms with van der Waals surface area (Å²) >= 11 is 0. The van der Waals surface area contributed by atoms with Crippen molar-refractivity contribution >= 4 is 11.8 Å². The summed E-state index contributed by atoms with van der Waals surface area (Å²) < 4.78 is 0. The fraction of sp³-hybridized carbons (Fsp3) is 0.222. The van der Waals surface area contributed by atoms with Gasteiger partial charge in [-0.15, -0.1) is 0 Å². The van der Waals surface area contributed by atoms with Gasteiger partial charge in [0.25, 0.3) is 11.8 Å². The zero-order valence-electron chi connectivity index (χ0n) is 12.7. The van der Waals surface area contributed by atoms with Gasteiger partial charge in [-0.2, -0.15) is 0 Å². The first kappa shape index (κ1) is 15.8. The maximum absolute atomic E-state index is 12.5. The highest BCUT2D eigenvalue weighted by Crippen LogP contribution is 2.06. The van der Waals surface area contributed by atoms with Crippen molar-refractivity contribution in [2.24, 2.45) is 0 Å². The van der Waals surface area contributed by atoms with E-state index in [4.69, 9.17) is 0 Å². The summed E-state index contributed by atoms with van der Waals surface area (Å²) in [6.45, 7) is 2.53. The van der Waals surface area contributed by atoms with Gasteiger partial charge in [-0.3, -0.25) is 15.0 Å². The van der Waals surface area contributed by atoms with Gasteiger partial charge in [0.2, 0.25) is 0 Å². The number of carbonyl (C=O) groups excluding carboxylic acids is 2. The molecule has 0 spiro atoms. The van der Waals surface area contributed by atoms with Gasteiger partial charge in [-0.25, -0.2) is 5.01 Å². The van der Waals surface area contributed by atoms with Crippen LogP contribution in [0.5, 0.6) is 0 Å². The number of amides is 2. The molecular formula is C18H20N2O2. The molecule has 4 heteroatoms. The average molecular weight is 296 g/mol. The molecule has 0 saturated heterocycles. The zero-order valence-corrected chi connectivity index (χ0v) is 12.7. The Kier molecular flexibility index (Phi) is 5.72. The summed E-state index contributed by atoms with van der Waals surface area (Å²) in [5, 5.41) is 1.40. The Morgan fingerprint density at radius 1 is 0.909 bits per heavy atom. The lowest BCUT2D eigenvalue weighted by molar-refractivity contribution is 0.0580. The zero-order chi connectivity index (χ0) is 15.8. The molecule has 1 N–H and O–H groups in total. The predicted octanol–water partition coefficient (Wildman–Crippen LogP) is 3.27. The maximum atomic E-state index is 12.5. The second kappa shape index (κ2) is 7.98. The number of rotatable bonds is 5. The summed E-state index contributed by atoms with van der Waals surface area (Å²) in [6.07, 6.45) is 1.77. The molecule has 0 heterocycles. The number of nitrogens with one attached hydrogen (secondary N) is 1. The van der Waals surface area contributed by atoms with Crippen molar-refractivity contribution in [3.8, 4) is 0 Å². The van der Waals surface area contributed by atoms with Crippen molar-refractivity contribution in [2.75, 3.05) is 6.54 Å². The summed E-state index contributed by atoms with van der Waals surface area (Å²) in [5.41, 5.74) is 3.81. The van der Waals surface area contributed by atoms with Crippen molar-refractivity contribution in [2.45, 2.75) is 19.8 Å². The van der Waals surface area contributed by atoms with Crippen LogP contribution < -0.4 is 5.43 Å². The molecule has 0 radical (unpaired) electrons. The van der Waals surface area contributed by atoms with E-state index in [1.807, 2.05) is 31.2 Å². The Balaban J connectivity index is 2.12. The first-order valence-electron chi connectivity index (χ1n) is 7.45. The summed E-state index contributed by atoms with van der Waals surface area (Å²) in [6, 6.07) is 17.9. The fourth-order valence-electron chi connectivity index (χ4n) is 2.04. The molecule has 0 aromatic heterocycles. The SMILES string of the molecule is CCCCN(NC(=O)c1ccccc1)C(=O)c1ccccc1. The van der Waals surface area contributed by atoms with E-state index in [-0.39, 0.29) is 11.8 Å². The molecule has 0 aliphatic heterocycles. The van der Waals surface area contributed by atoms with Gasteiger partial charge >= 0.3 is 0 Å². The third-order valence-electron chi connectivity index (χ3n) is 3.27. The Morgan fingerprint density at radius 2 is 1.45 bits per heavy atom. The highest BCUT2D eigenvalue weighted by molar-refractivity contribution is 5.99. The van der Waals surface area contributed by atoms with Gasteiger partial charge in [0.15, 0.2) is 0 Å². The van der Waals surface area contributed by atoms with E-state index in [1.54, 1.807) is 36.4 Å². The largest absolute Gasteiger partial charge is 0.272 e. The van der Waals surface area contributed by atoms with Crippen molar-refractivity contribution in [3.63, 3.8) is 0 Å². The van der Waals surface area contributed by atoms with E-state index in [2.05, 4.69) is 5.43 Å². The van der Waals surface area contributed by atoms with Crippen LogP contribution in [0.4, 0.5) is 0 Å². The van der Waals surface area contributed by atoms with Crippen LogP contribution in [0.25, 0.3) is 0 Å². The molecule has 0 aliphatic carbocycles. The van der Waals surface area contributed by atoms with Gasteiger partial charge in [0, 0.05) is 17.7 Å². The normalized spacial score (nSPS) is 10.0. The van der Waals surface area contributed by atoms with Gasteiger partial charge < -0.3 is 0 Å². The number of nitrogens with zero attached hydrogens (tertiary/aromatic N) is 1. The van der Waals surface area contributed by atoms with E-state index >= 15 is 0 Å². The molecule has 4 nitrogen and oxygen atoms in total. The lowest BCUT2D eigenvalue weighted by Gasteiger charge is -2.23. The van der Waals surface area contributed by atoms with Crippen LogP contribution in [0.1, 0.15) is 40.5 Å². The van der Waals surface area contributed by atoms with E-state index in [0.717, 1.165) is 12.8 Å². The number of hydrazine groups is 1. The predicted molar refractivity (Wildman–Crippen MR) is 86.3 cm³/mol. The standard InChI is InChI=1S/C18H20N2O2/c1-2-3-14-20(18(22)16-12-8-5-9-13-16)19-17(21)15-10-6-4-7-11-15/h4-13H,2-3,14H2,1H3,(H,19,21). The summed E-state index contributed by atoms with van der Waals surface area (Å²) in [7, 11) is 0. The molecule has 0 aliphatic rings. The molecule has 0 saturated carbocycles. The Bertz CT molecular complexity index is 611. The fourth-order valence-corrected chi connectivity index (χ4v) is 2.04. The Morgan fingerprint density at radius 3 is 2.00 bits per heavy atom. The molecule has 2 amide bonds. The van der Waals surface area contributed by atoms with Crippen LogP contribution in [0.2, 0.25) is 0 Å². The molecule has 2 aromatic rings. The molecule has 2 rings (SSSR count). The van der Waals surface area contributed by atoms with E-state index < -0.39 is 0 Å². The average Bonchev–Trinajstić information content (AvgIpc) is 2.59. The number of hydrogen-bond donors (Lipinski definition) is 1. The number of benzene rings is 2. The number of unbranched alkanes of at least 4 members (excludes halogenated alkanes) is 1. The molecule has 0 fully saturated rings. The van der Waals surface area contributed by atoms with Crippen molar-refractivity contribution in [3.05, 3.63) is 71.8 Å². The Labute approximate surface area is 130 Å². The third kappa shape index (κ3) is 4.19. The molecular weight excluding hydrogens is 276 g/mol. The monoisotopic (exact) mass is 296 g/mol. The lowest BCUT2D eigenvalue weighted by atomic mass is 10.2. The molecule has 0 unspecified atom stereocenters. The molecule has 0 bridgehead atoms. The quantitative estimate of drug-likeness (QED) is 0.861. The smallest absolute Gasteiger partial charge is 0.267 e. The first-order valence-corrected chi connectivity index (χ1v) is 7.45. The minimum Gasteiger partial charge on any atom is -0.267 e. The highest BCUT2D eigenvalue weighted by atomic mass is 16.2. The Hall–Kier alpha value is -2.62. The van der Waals surface area contributed by atoms with Gasteiger partial charge in [-0.1, -0.05) is 49.7 Å². The second-order valence-electron chi connectivity index (χ2n) is 4.98. The maximum Gasteiger partial charge on any atom is 0.272 e. The van der Waals surface area contributed by atoms with Gasteiger partial charge in [-0.05, 0) is 30.7 Å². The van der Waals surface area contributed by atoms with Crippen LogP contribution in [0.3, 0.4) is 0 Å². The van der Waals surface area contributed by atoms with Crippen LogP contribution in [0.15, 0.2) is 60.7 Å². The van der Waals surface area contributed by atoms with E-state index in [9.17, 15) is 9.59 Å². The first-order chi connectivity index (χ1) is 10.7. The third-order valence-corrected chi connectivity index (χ3v) is 3.27. The van der Waals surface area contributed by atoms with Crippen LogP contribution >= 0.6 is 0 Å². The van der Waals surface area contributed by atoms with Gasteiger partial charge in [0.05, 0.1) is 0 Å². The van der Waals surface area contributed by atoms with Crippen molar-refractivity contribution in [1.82, 2.24) is 10.4 Å². The van der Waals surface area contributed by atoms with Crippen molar-refractivity contribution < 1.29 is 9.59 Å². The minimum atomic E-state index is -0.277. The summed E-state index contributed by atoms with van der Waals surface area (Å²) in [4.78, 5) is 24.8. The van der Waals surface area contributed by atoms with Crippen molar-refractivity contribution in [1.29, 1.82) is 0 Å². The highest BCUT2D eigenvalue weighted by Gasteiger charge is 2.18. The lowest BCUT2D eigenvalue weighted by Crippen LogP contribution is -2.46. The topological polar surface area (TPSA) is 49.4 Å². The van der Waals surface area contributed by atoms with Crippen LogP contribution in [0, 0.1) is 0 Å². The molecule has 2 aromatic carbocycles. The summed E-state index contributed by atoms with van der Waals surface area (Å²) in [5.74, 6) is -0.473. The minimum absolute atomic E-state index is 0.196. The van der Waals surface area contributed by atoms with Gasteiger partial charge in [0.1, 0.15) is 0 Å². The number of hydrogen-bond acceptors (Lipinski definition) is 2.